The second-order valence-electron chi connectivity index (χ2n) is 7.65. The Morgan fingerprint density at radius 3 is 2.57 bits per heavy atom. The molecule has 1 N–H and O–H groups in total. The van der Waals surface area contributed by atoms with Crippen LogP contribution >= 0.6 is 23.4 Å². The van der Waals surface area contributed by atoms with Crippen molar-refractivity contribution in [1.29, 1.82) is 0 Å². The monoisotopic (exact) mass is 515 g/mol. The summed E-state index contributed by atoms with van der Waals surface area (Å²) in [5.74, 6) is -0.860. The van der Waals surface area contributed by atoms with E-state index < -0.39 is 11.1 Å². The van der Waals surface area contributed by atoms with Crippen molar-refractivity contribution in [2.75, 3.05) is 44.8 Å². The summed E-state index contributed by atoms with van der Waals surface area (Å²) in [6.45, 7) is 1.21. The molecule has 35 heavy (non-hydrogen) atoms. The molecular formula is C24H22ClN3O6S. The number of halogens is 1. The number of para-hydroxylation sites is 1. The molecule has 2 aromatic rings. The molecule has 0 atom stereocenters. The van der Waals surface area contributed by atoms with Crippen LogP contribution in [0.3, 0.4) is 0 Å². The van der Waals surface area contributed by atoms with Gasteiger partial charge in [-0.05, 0) is 47.7 Å². The second-order valence-corrected chi connectivity index (χ2v) is 9.05. The maximum absolute atomic E-state index is 12.7. The van der Waals surface area contributed by atoms with E-state index in [2.05, 4.69) is 5.32 Å². The molecule has 2 fully saturated rings. The number of nitrogens with one attached hydrogen (secondary N) is 1. The van der Waals surface area contributed by atoms with Crippen molar-refractivity contribution in [3.63, 3.8) is 0 Å². The van der Waals surface area contributed by atoms with Gasteiger partial charge in [0.2, 0.25) is 5.91 Å². The lowest BCUT2D eigenvalue weighted by atomic mass is 10.2. The van der Waals surface area contributed by atoms with E-state index in [4.69, 9.17) is 21.1 Å². The minimum Gasteiger partial charge on any atom is -0.482 e. The van der Waals surface area contributed by atoms with Crippen molar-refractivity contribution in [3.8, 4) is 5.75 Å². The van der Waals surface area contributed by atoms with Crippen LogP contribution in [-0.2, 0) is 19.1 Å². The highest BCUT2D eigenvalue weighted by Gasteiger charge is 2.37. The highest BCUT2D eigenvalue weighted by molar-refractivity contribution is 8.18. The first kappa shape index (κ1) is 24.8. The van der Waals surface area contributed by atoms with Gasteiger partial charge >= 0.3 is 0 Å². The number of hydrogen-bond acceptors (Lipinski definition) is 7. The largest absolute Gasteiger partial charge is 0.482 e. The van der Waals surface area contributed by atoms with E-state index in [1.54, 1.807) is 35.2 Å². The summed E-state index contributed by atoms with van der Waals surface area (Å²) in [4.78, 5) is 52.3. The average molecular weight is 516 g/mol. The Kier molecular flexibility index (Phi) is 8.06. The van der Waals surface area contributed by atoms with Crippen molar-refractivity contribution < 1.29 is 28.7 Å². The molecule has 2 aliphatic heterocycles. The van der Waals surface area contributed by atoms with Gasteiger partial charge in [-0.15, -0.1) is 0 Å². The van der Waals surface area contributed by atoms with Crippen LogP contribution in [0.4, 0.5) is 10.5 Å². The summed E-state index contributed by atoms with van der Waals surface area (Å²) in [5, 5.41) is 2.45. The van der Waals surface area contributed by atoms with Gasteiger partial charge in [-0.25, -0.2) is 0 Å². The molecule has 0 spiro atoms. The van der Waals surface area contributed by atoms with Crippen LogP contribution in [0, 0.1) is 0 Å². The lowest BCUT2D eigenvalue weighted by Crippen LogP contribution is -2.46. The van der Waals surface area contributed by atoms with Crippen LogP contribution < -0.4 is 10.1 Å². The summed E-state index contributed by atoms with van der Waals surface area (Å²) in [6, 6.07) is 13.8. The van der Waals surface area contributed by atoms with Gasteiger partial charge in [-0.2, -0.15) is 0 Å². The van der Waals surface area contributed by atoms with E-state index in [0.29, 0.717) is 43.3 Å². The van der Waals surface area contributed by atoms with Gasteiger partial charge in [0, 0.05) is 18.8 Å². The normalized spacial score (nSPS) is 17.1. The summed E-state index contributed by atoms with van der Waals surface area (Å²) in [6.07, 6.45) is 1.53. The van der Waals surface area contributed by atoms with Crippen molar-refractivity contribution in [3.05, 3.63) is 64.0 Å². The van der Waals surface area contributed by atoms with Crippen molar-refractivity contribution in [2.45, 2.75) is 0 Å². The quantitative estimate of drug-likeness (QED) is 0.564. The molecule has 0 saturated carbocycles. The Morgan fingerprint density at radius 2 is 1.86 bits per heavy atom. The number of rotatable bonds is 7. The number of morpholine rings is 1. The molecule has 4 amide bonds. The maximum Gasteiger partial charge on any atom is 0.294 e. The number of nitrogens with zero attached hydrogens (tertiary/aromatic N) is 2. The number of benzene rings is 2. The van der Waals surface area contributed by atoms with E-state index in [-0.39, 0.29) is 34.9 Å². The van der Waals surface area contributed by atoms with Crippen molar-refractivity contribution in [1.82, 2.24) is 9.80 Å². The predicted molar refractivity (Wildman–Crippen MR) is 132 cm³/mol. The standard InChI is InChI=1S/C24H22ClN3O6S/c25-18-12-16(6-7-19(18)34-15-21(29)26-17-4-2-1-3-5-17)13-20-23(31)28(24(32)35-20)14-22(30)27-8-10-33-11-9-27/h1-7,12-13H,8-11,14-15H2,(H,26,29)/b20-13+. The summed E-state index contributed by atoms with van der Waals surface area (Å²) >= 11 is 7.06. The van der Waals surface area contributed by atoms with Gasteiger partial charge in [-0.1, -0.05) is 35.9 Å². The number of hydrogen-bond donors (Lipinski definition) is 1. The molecule has 0 bridgehead atoms. The molecule has 11 heteroatoms. The third-order valence-corrected chi connectivity index (χ3v) is 6.40. The van der Waals surface area contributed by atoms with Crippen molar-refractivity contribution >= 4 is 58.1 Å². The topological polar surface area (TPSA) is 105 Å². The van der Waals surface area contributed by atoms with E-state index in [1.165, 1.54) is 6.08 Å². The SMILES string of the molecule is O=C(COc1ccc(/C=C2/SC(=O)N(CC(=O)N3CCOCC3)C2=O)cc1Cl)Nc1ccccc1. The number of carbonyl (C=O) groups is 4. The van der Waals surface area contributed by atoms with Gasteiger partial charge in [0.15, 0.2) is 6.61 Å². The molecule has 9 nitrogen and oxygen atoms in total. The molecule has 2 heterocycles. The first-order valence-corrected chi connectivity index (χ1v) is 12.0. The van der Waals surface area contributed by atoms with Gasteiger partial charge in [0.25, 0.3) is 17.1 Å². The molecule has 0 unspecified atom stereocenters. The highest BCUT2D eigenvalue weighted by Crippen LogP contribution is 2.33. The van der Waals surface area contributed by atoms with E-state index in [9.17, 15) is 19.2 Å². The second kappa shape index (κ2) is 11.4. The molecule has 4 rings (SSSR count). The van der Waals surface area contributed by atoms with Crippen LogP contribution in [0.15, 0.2) is 53.4 Å². The Hall–Kier alpha value is -3.34. The van der Waals surface area contributed by atoms with Crippen LogP contribution in [0.5, 0.6) is 5.75 Å². The van der Waals surface area contributed by atoms with Gasteiger partial charge in [0.1, 0.15) is 12.3 Å². The Morgan fingerprint density at radius 1 is 1.11 bits per heavy atom. The van der Waals surface area contributed by atoms with Gasteiger partial charge in [-0.3, -0.25) is 24.1 Å². The number of amides is 4. The summed E-state index contributed by atoms with van der Waals surface area (Å²) in [5.41, 5.74) is 1.23. The van der Waals surface area contributed by atoms with Gasteiger partial charge in [0.05, 0.1) is 23.1 Å². The first-order chi connectivity index (χ1) is 16.9. The van der Waals surface area contributed by atoms with Crippen LogP contribution in [0.2, 0.25) is 5.02 Å². The number of anilines is 1. The predicted octanol–water partition coefficient (Wildman–Crippen LogP) is 3.25. The minimum absolute atomic E-state index is 0.191. The van der Waals surface area contributed by atoms with Crippen LogP contribution in [-0.4, -0.2) is 72.2 Å². The Labute approximate surface area is 211 Å². The zero-order valence-corrected chi connectivity index (χ0v) is 20.1. The number of thioether (sulfide) groups is 1. The third kappa shape index (κ3) is 6.41. The van der Waals surface area contributed by atoms with Crippen molar-refractivity contribution in [2.24, 2.45) is 0 Å². The molecule has 2 aromatic carbocycles. The van der Waals surface area contributed by atoms with Crippen LogP contribution in [0.25, 0.3) is 6.08 Å². The zero-order chi connectivity index (χ0) is 24.8. The lowest BCUT2D eigenvalue weighted by molar-refractivity contribution is -0.139. The van der Waals surface area contributed by atoms with E-state index in [1.807, 2.05) is 18.2 Å². The molecule has 0 aliphatic carbocycles. The molecular weight excluding hydrogens is 494 g/mol. The fourth-order valence-electron chi connectivity index (χ4n) is 3.42. The fraction of sp³-hybridized carbons (Fsp3) is 0.250. The Bertz CT molecular complexity index is 1170. The zero-order valence-electron chi connectivity index (χ0n) is 18.6. The van der Waals surface area contributed by atoms with Gasteiger partial charge < -0.3 is 19.7 Å². The summed E-state index contributed by atoms with van der Waals surface area (Å²) < 4.78 is 10.7. The fourth-order valence-corrected chi connectivity index (χ4v) is 4.50. The first-order valence-electron chi connectivity index (χ1n) is 10.8. The number of carbonyl (C=O) groups excluding carboxylic acids is 4. The third-order valence-electron chi connectivity index (χ3n) is 5.20. The summed E-state index contributed by atoms with van der Waals surface area (Å²) in [7, 11) is 0. The number of imide groups is 1. The van der Waals surface area contributed by atoms with E-state index in [0.717, 1.165) is 16.7 Å². The average Bonchev–Trinajstić information content (AvgIpc) is 3.12. The highest BCUT2D eigenvalue weighted by atomic mass is 35.5. The smallest absolute Gasteiger partial charge is 0.294 e. The molecule has 182 valence electrons. The van der Waals surface area contributed by atoms with E-state index >= 15 is 0 Å². The molecule has 2 saturated heterocycles. The maximum atomic E-state index is 12.7. The molecule has 2 aliphatic rings. The lowest BCUT2D eigenvalue weighted by Gasteiger charge is -2.28. The van der Waals surface area contributed by atoms with Crippen LogP contribution in [0.1, 0.15) is 5.56 Å². The Balaban J connectivity index is 1.35. The number of ether oxygens (including phenoxy) is 2. The minimum atomic E-state index is -0.532. The molecule has 0 radical (unpaired) electrons. The molecule has 0 aromatic heterocycles.